The molecule has 0 atom stereocenters. The highest BCUT2D eigenvalue weighted by Gasteiger charge is 1.95. The molecule has 0 amide bonds. The molecule has 0 fully saturated rings. The molecule has 0 bridgehead atoms. The maximum Gasteiger partial charge on any atom is 0.310 e. The van der Waals surface area contributed by atoms with E-state index in [-0.39, 0.29) is 5.97 Å². The summed E-state index contributed by atoms with van der Waals surface area (Å²) in [6.07, 6.45) is 0. The van der Waals surface area contributed by atoms with Gasteiger partial charge in [-0.25, -0.2) is 0 Å². The van der Waals surface area contributed by atoms with Crippen molar-refractivity contribution in [3.63, 3.8) is 0 Å². The van der Waals surface area contributed by atoms with Gasteiger partial charge in [0.1, 0.15) is 5.75 Å². The van der Waals surface area contributed by atoms with Crippen molar-refractivity contribution in [2.45, 2.75) is 27.7 Å². The molecule has 5 heteroatoms. The van der Waals surface area contributed by atoms with Gasteiger partial charge in [0, 0.05) is 20.8 Å². The maximum absolute atomic E-state index is 10.5. The van der Waals surface area contributed by atoms with E-state index in [0.717, 1.165) is 5.56 Å². The zero-order chi connectivity index (χ0) is 14.1. The Balaban J connectivity index is 0.000000360. The Morgan fingerprint density at radius 2 is 1.50 bits per heavy atom. The molecular formula is C13H16O5. The molecule has 98 valence electrons. The van der Waals surface area contributed by atoms with E-state index in [0.29, 0.717) is 5.75 Å². The fraction of sp³-hybridized carbons (Fsp3) is 0.308. The number of aryl methyl sites for hydroxylation is 1. The summed E-state index contributed by atoms with van der Waals surface area (Å²) in [7, 11) is 0. The minimum Gasteiger partial charge on any atom is -0.427 e. The van der Waals surface area contributed by atoms with Crippen LogP contribution < -0.4 is 4.74 Å². The first-order chi connectivity index (χ1) is 8.31. The fourth-order valence-corrected chi connectivity index (χ4v) is 1.05. The molecule has 0 radical (unpaired) electrons. The van der Waals surface area contributed by atoms with Crippen LogP contribution in [0.25, 0.3) is 0 Å². The van der Waals surface area contributed by atoms with Crippen LogP contribution in [0.4, 0.5) is 0 Å². The highest BCUT2D eigenvalue weighted by Crippen LogP contribution is 2.11. The van der Waals surface area contributed by atoms with Gasteiger partial charge in [-0.3, -0.25) is 14.4 Å². The van der Waals surface area contributed by atoms with E-state index in [1.165, 1.54) is 20.8 Å². The molecule has 18 heavy (non-hydrogen) atoms. The Kier molecular flexibility index (Phi) is 7.04. The number of ether oxygens (including phenoxy) is 2. The number of hydrogen-bond donors (Lipinski definition) is 0. The lowest BCUT2D eigenvalue weighted by Gasteiger charge is -2.00. The van der Waals surface area contributed by atoms with Crippen molar-refractivity contribution in [1.29, 1.82) is 0 Å². The Morgan fingerprint density at radius 1 is 0.944 bits per heavy atom. The zero-order valence-corrected chi connectivity index (χ0v) is 10.9. The van der Waals surface area contributed by atoms with E-state index in [4.69, 9.17) is 4.74 Å². The second kappa shape index (κ2) is 8.00. The Labute approximate surface area is 106 Å². The molecule has 0 aliphatic rings. The van der Waals surface area contributed by atoms with E-state index >= 15 is 0 Å². The van der Waals surface area contributed by atoms with Crippen LogP contribution in [-0.2, 0) is 19.1 Å². The van der Waals surface area contributed by atoms with Gasteiger partial charge in [0.25, 0.3) is 0 Å². The average Bonchev–Trinajstić information content (AvgIpc) is 2.14. The van der Waals surface area contributed by atoms with Crippen molar-refractivity contribution in [2.24, 2.45) is 0 Å². The highest BCUT2D eigenvalue weighted by molar-refractivity contribution is 5.82. The molecule has 0 unspecified atom stereocenters. The molecule has 1 aromatic carbocycles. The summed E-state index contributed by atoms with van der Waals surface area (Å²) < 4.78 is 8.83. The molecule has 5 nitrogen and oxygen atoms in total. The standard InChI is InChI=1S/C9H10O2.C4H6O3/c1-7-4-3-5-9(6-7)11-8(2)10;1-3(5)7-4(2)6/h3-6H,1-2H3;1-2H3. The molecule has 0 saturated heterocycles. The second-order valence-electron chi connectivity index (χ2n) is 3.50. The number of hydrogen-bond acceptors (Lipinski definition) is 5. The number of benzene rings is 1. The van der Waals surface area contributed by atoms with Crippen molar-refractivity contribution in [1.82, 2.24) is 0 Å². The SMILES string of the molecule is CC(=O)OC(C)=O.CC(=O)Oc1cccc(C)c1. The predicted octanol–water partition coefficient (Wildman–Crippen LogP) is 2.02. The van der Waals surface area contributed by atoms with Gasteiger partial charge in [-0.2, -0.15) is 0 Å². The largest absolute Gasteiger partial charge is 0.427 e. The minimum absolute atomic E-state index is 0.282. The second-order valence-corrected chi connectivity index (χ2v) is 3.50. The molecule has 0 aromatic heterocycles. The molecule has 0 spiro atoms. The smallest absolute Gasteiger partial charge is 0.310 e. The van der Waals surface area contributed by atoms with Gasteiger partial charge in [0.2, 0.25) is 0 Å². The van der Waals surface area contributed by atoms with E-state index in [2.05, 4.69) is 4.74 Å². The lowest BCUT2D eigenvalue weighted by atomic mass is 10.2. The number of esters is 3. The lowest BCUT2D eigenvalue weighted by molar-refractivity contribution is -0.156. The topological polar surface area (TPSA) is 69.7 Å². The maximum atomic E-state index is 10.5. The Morgan fingerprint density at radius 3 is 1.83 bits per heavy atom. The fourth-order valence-electron chi connectivity index (χ4n) is 1.05. The molecule has 0 saturated carbocycles. The van der Waals surface area contributed by atoms with Crippen LogP contribution in [0.1, 0.15) is 26.3 Å². The van der Waals surface area contributed by atoms with Gasteiger partial charge in [0.15, 0.2) is 0 Å². The third-order valence-electron chi connectivity index (χ3n) is 1.54. The first-order valence-corrected chi connectivity index (χ1v) is 5.25. The summed E-state index contributed by atoms with van der Waals surface area (Å²) in [5.41, 5.74) is 1.09. The summed E-state index contributed by atoms with van der Waals surface area (Å²) in [5, 5.41) is 0. The van der Waals surface area contributed by atoms with Crippen LogP contribution in [-0.4, -0.2) is 17.9 Å². The highest BCUT2D eigenvalue weighted by atomic mass is 16.6. The Hall–Kier alpha value is -2.17. The summed E-state index contributed by atoms with van der Waals surface area (Å²) in [4.78, 5) is 30.1. The first kappa shape index (κ1) is 15.8. The molecule has 0 aliphatic carbocycles. The van der Waals surface area contributed by atoms with Crippen molar-refractivity contribution in [2.75, 3.05) is 0 Å². The summed E-state index contributed by atoms with van der Waals surface area (Å²) >= 11 is 0. The van der Waals surface area contributed by atoms with Crippen LogP contribution in [0.3, 0.4) is 0 Å². The van der Waals surface area contributed by atoms with Crippen LogP contribution in [0.2, 0.25) is 0 Å². The van der Waals surface area contributed by atoms with Gasteiger partial charge < -0.3 is 9.47 Å². The van der Waals surface area contributed by atoms with Crippen LogP contribution in [0.15, 0.2) is 24.3 Å². The first-order valence-electron chi connectivity index (χ1n) is 5.25. The Bertz CT molecular complexity index is 425. The van der Waals surface area contributed by atoms with Gasteiger partial charge in [0.05, 0.1) is 0 Å². The predicted molar refractivity (Wildman–Crippen MR) is 64.9 cm³/mol. The summed E-state index contributed by atoms with van der Waals surface area (Å²) in [6, 6.07) is 7.39. The van der Waals surface area contributed by atoms with Crippen LogP contribution >= 0.6 is 0 Å². The average molecular weight is 252 g/mol. The van der Waals surface area contributed by atoms with Crippen molar-refractivity contribution in [3.05, 3.63) is 29.8 Å². The third kappa shape index (κ3) is 9.08. The van der Waals surface area contributed by atoms with E-state index in [9.17, 15) is 14.4 Å². The quantitative estimate of drug-likeness (QED) is 0.434. The number of rotatable bonds is 1. The normalized spacial score (nSPS) is 8.67. The van der Waals surface area contributed by atoms with Gasteiger partial charge in [-0.05, 0) is 24.6 Å². The van der Waals surface area contributed by atoms with Crippen molar-refractivity contribution in [3.8, 4) is 5.75 Å². The van der Waals surface area contributed by atoms with Crippen LogP contribution in [0.5, 0.6) is 5.75 Å². The van der Waals surface area contributed by atoms with E-state index in [1.807, 2.05) is 25.1 Å². The van der Waals surface area contributed by atoms with Crippen molar-refractivity contribution >= 4 is 17.9 Å². The lowest BCUT2D eigenvalue weighted by Crippen LogP contribution is -2.03. The van der Waals surface area contributed by atoms with Crippen molar-refractivity contribution < 1.29 is 23.9 Å². The molecule has 1 aromatic rings. The molecule has 0 heterocycles. The number of carbonyl (C=O) groups is 3. The summed E-state index contributed by atoms with van der Waals surface area (Å²) in [5.74, 6) is -0.798. The molecular weight excluding hydrogens is 236 g/mol. The minimum atomic E-state index is -0.562. The van der Waals surface area contributed by atoms with Gasteiger partial charge in [-0.15, -0.1) is 0 Å². The number of carbonyl (C=O) groups excluding carboxylic acids is 3. The monoisotopic (exact) mass is 252 g/mol. The van der Waals surface area contributed by atoms with E-state index < -0.39 is 11.9 Å². The molecule has 1 rings (SSSR count). The zero-order valence-electron chi connectivity index (χ0n) is 10.9. The summed E-state index contributed by atoms with van der Waals surface area (Å²) in [6.45, 7) is 5.71. The van der Waals surface area contributed by atoms with Crippen LogP contribution in [0, 0.1) is 6.92 Å². The third-order valence-corrected chi connectivity index (χ3v) is 1.54. The molecule has 0 N–H and O–H groups in total. The van der Waals surface area contributed by atoms with Gasteiger partial charge in [-0.1, -0.05) is 12.1 Å². The molecule has 0 aliphatic heterocycles. The van der Waals surface area contributed by atoms with Gasteiger partial charge >= 0.3 is 17.9 Å². The van der Waals surface area contributed by atoms with E-state index in [1.54, 1.807) is 6.07 Å².